The van der Waals surface area contributed by atoms with E-state index in [2.05, 4.69) is 27.7 Å². The Bertz CT molecular complexity index is 1260. The lowest BCUT2D eigenvalue weighted by Gasteiger charge is -2.61. The highest BCUT2D eigenvalue weighted by molar-refractivity contribution is 5.15. The molecule has 0 aromatic carbocycles. The molecule has 0 bridgehead atoms. The summed E-state index contributed by atoms with van der Waals surface area (Å²) in [5.74, 6) is 3.57. The van der Waals surface area contributed by atoms with Gasteiger partial charge in [0.1, 0.15) is 48.8 Å². The van der Waals surface area contributed by atoms with Gasteiger partial charge in [-0.1, -0.05) is 27.7 Å². The monoisotopic (exact) mass is 740 g/mol. The van der Waals surface area contributed by atoms with E-state index in [1.165, 1.54) is 25.7 Å². The zero-order valence-electron chi connectivity index (χ0n) is 31.2. The van der Waals surface area contributed by atoms with Gasteiger partial charge in [0, 0.05) is 12.3 Å². The molecule has 4 aliphatic heterocycles. The zero-order valence-corrected chi connectivity index (χ0v) is 31.2. The van der Waals surface area contributed by atoms with E-state index < -0.39 is 80.4 Å². The van der Waals surface area contributed by atoms with Crippen molar-refractivity contribution in [3.8, 4) is 0 Å². The van der Waals surface area contributed by atoms with Crippen molar-refractivity contribution < 1.29 is 64.2 Å². The van der Waals surface area contributed by atoms with E-state index in [1.807, 2.05) is 0 Å². The molecule has 8 aliphatic rings. The summed E-state index contributed by atoms with van der Waals surface area (Å²) in [6.45, 7) is 9.32. The third-order valence-electron chi connectivity index (χ3n) is 16.2. The van der Waals surface area contributed by atoms with E-state index in [9.17, 15) is 35.7 Å². The molecule has 8 fully saturated rings. The Balaban J connectivity index is 0.917. The maximum absolute atomic E-state index is 11.4. The Hall–Kier alpha value is -0.520. The molecular weight excluding hydrogens is 676 g/mol. The average molecular weight is 741 g/mol. The van der Waals surface area contributed by atoms with Crippen LogP contribution in [-0.2, 0) is 28.4 Å². The summed E-state index contributed by atoms with van der Waals surface area (Å²) in [4.78, 5) is 0. The standard InChI is InChI=1S/C39H64O13/c1-18-7-12-39(47-17-18)19(2)28-25(52-39)14-24-22-6-5-20-13-21(8-10-37(20,3)23(22)9-11-38(24,28)4)48-36-33(46)34(30(43)27(16-41)50-36)51-35-32(45)31(44)29(42)26(15-40)49-35/h18-36,40-46H,5-17H2,1-4H3/t18-,19+,20-,21+,22-,23+,24+,25+,26-,27-,28+,29-,30+,31+,32-,33-,34+,35+,36-,37+,38+,39-/m1/s1. The summed E-state index contributed by atoms with van der Waals surface area (Å²) in [5.41, 5.74) is 0.448. The van der Waals surface area contributed by atoms with Crippen LogP contribution in [0.2, 0.25) is 0 Å². The van der Waals surface area contributed by atoms with E-state index in [0.717, 1.165) is 45.1 Å². The molecule has 0 aromatic heterocycles. The first-order valence-corrected chi connectivity index (χ1v) is 20.3. The molecule has 22 atom stereocenters. The van der Waals surface area contributed by atoms with Gasteiger partial charge in [0.2, 0.25) is 0 Å². The van der Waals surface area contributed by atoms with Gasteiger partial charge < -0.3 is 64.2 Å². The predicted molar refractivity (Wildman–Crippen MR) is 183 cm³/mol. The number of aliphatic hydroxyl groups excluding tert-OH is 7. The molecule has 8 rings (SSSR count). The molecule has 4 heterocycles. The smallest absolute Gasteiger partial charge is 0.187 e. The van der Waals surface area contributed by atoms with E-state index in [1.54, 1.807) is 0 Å². The maximum atomic E-state index is 11.4. The van der Waals surface area contributed by atoms with Gasteiger partial charge in [-0.2, -0.15) is 0 Å². The van der Waals surface area contributed by atoms with E-state index in [-0.39, 0.29) is 23.0 Å². The van der Waals surface area contributed by atoms with Crippen LogP contribution in [0.3, 0.4) is 0 Å². The first-order chi connectivity index (χ1) is 24.7. The molecule has 1 spiro atoms. The van der Waals surface area contributed by atoms with Gasteiger partial charge in [0.25, 0.3) is 0 Å². The Labute approximate surface area is 307 Å². The van der Waals surface area contributed by atoms with Crippen molar-refractivity contribution >= 4 is 0 Å². The Morgan fingerprint density at radius 2 is 1.37 bits per heavy atom. The fourth-order valence-corrected chi connectivity index (χ4v) is 13.2. The van der Waals surface area contributed by atoms with Crippen molar-refractivity contribution in [1.82, 2.24) is 0 Å². The second kappa shape index (κ2) is 14.1. The maximum Gasteiger partial charge on any atom is 0.187 e. The van der Waals surface area contributed by atoms with Crippen LogP contribution in [0.25, 0.3) is 0 Å². The minimum atomic E-state index is -1.72. The average Bonchev–Trinajstić information content (AvgIpc) is 3.58. The van der Waals surface area contributed by atoms with Crippen LogP contribution in [0.15, 0.2) is 0 Å². The van der Waals surface area contributed by atoms with Crippen molar-refractivity contribution in [3.05, 3.63) is 0 Å². The van der Waals surface area contributed by atoms with Crippen molar-refractivity contribution in [2.24, 2.45) is 52.3 Å². The zero-order chi connectivity index (χ0) is 36.9. The molecule has 0 amide bonds. The summed E-state index contributed by atoms with van der Waals surface area (Å²) < 4.78 is 37.1. The van der Waals surface area contributed by atoms with Gasteiger partial charge in [-0.3, -0.25) is 0 Å². The predicted octanol–water partition coefficient (Wildman–Crippen LogP) is 1.44. The van der Waals surface area contributed by atoms with Gasteiger partial charge in [-0.15, -0.1) is 0 Å². The molecule has 298 valence electrons. The third kappa shape index (κ3) is 5.98. The number of fused-ring (bicyclic) bond motifs is 7. The third-order valence-corrected chi connectivity index (χ3v) is 16.2. The fraction of sp³-hybridized carbons (Fsp3) is 1.00. The van der Waals surface area contributed by atoms with Crippen LogP contribution in [0.4, 0.5) is 0 Å². The van der Waals surface area contributed by atoms with Gasteiger partial charge in [-0.25, -0.2) is 0 Å². The Kier molecular flexibility index (Phi) is 10.4. The lowest BCUT2D eigenvalue weighted by Crippen LogP contribution is -2.65. The number of hydrogen-bond acceptors (Lipinski definition) is 13. The van der Waals surface area contributed by atoms with Crippen molar-refractivity contribution in [1.29, 1.82) is 0 Å². The van der Waals surface area contributed by atoms with Crippen LogP contribution in [0, 0.1) is 52.3 Å². The van der Waals surface area contributed by atoms with Crippen molar-refractivity contribution in [3.63, 3.8) is 0 Å². The molecule has 4 saturated carbocycles. The van der Waals surface area contributed by atoms with Crippen LogP contribution < -0.4 is 0 Å². The van der Waals surface area contributed by atoms with Crippen LogP contribution in [0.1, 0.15) is 91.9 Å². The lowest BCUT2D eigenvalue weighted by atomic mass is 9.44. The van der Waals surface area contributed by atoms with E-state index in [0.29, 0.717) is 41.4 Å². The van der Waals surface area contributed by atoms with Gasteiger partial charge >= 0.3 is 0 Å². The minimum Gasteiger partial charge on any atom is -0.394 e. The second-order valence-corrected chi connectivity index (χ2v) is 18.7. The molecule has 4 saturated heterocycles. The topological polar surface area (TPSA) is 197 Å². The summed E-state index contributed by atoms with van der Waals surface area (Å²) in [7, 11) is 0. The molecule has 0 aromatic rings. The van der Waals surface area contributed by atoms with E-state index >= 15 is 0 Å². The SMILES string of the molecule is C[C@@H]1CC[C@@]2(OC1)O[C@H]1C[C@H]3[C@@H]4CC[C@@H]5C[C@@H](O[C@@H]6O[C@H](CO)[C@H](O)[C@H](O[C@@H]7O[C@H](CO)[C@@H](O)[C@H](O)[C@H]7O)[C@H]6O)CC[C@]5(C)[C@H]4CC[C@]3(C)[C@H]1[C@@H]2C. The quantitative estimate of drug-likeness (QED) is 0.194. The highest BCUT2D eigenvalue weighted by Gasteiger charge is 2.69. The van der Waals surface area contributed by atoms with Gasteiger partial charge in [0.15, 0.2) is 18.4 Å². The summed E-state index contributed by atoms with van der Waals surface area (Å²) in [6.07, 6.45) is -3.83. The molecule has 0 radical (unpaired) electrons. The molecule has 13 heteroatoms. The molecule has 0 unspecified atom stereocenters. The highest BCUT2D eigenvalue weighted by Crippen LogP contribution is 2.71. The second-order valence-electron chi connectivity index (χ2n) is 18.7. The van der Waals surface area contributed by atoms with Gasteiger partial charge in [-0.05, 0) is 104 Å². The summed E-state index contributed by atoms with van der Waals surface area (Å²) >= 11 is 0. The first kappa shape index (κ1) is 38.4. The van der Waals surface area contributed by atoms with Gasteiger partial charge in [0.05, 0.1) is 32.0 Å². The summed E-state index contributed by atoms with van der Waals surface area (Å²) in [6, 6.07) is 0. The van der Waals surface area contributed by atoms with Crippen LogP contribution in [0.5, 0.6) is 0 Å². The number of rotatable bonds is 6. The molecule has 52 heavy (non-hydrogen) atoms. The van der Waals surface area contributed by atoms with Crippen LogP contribution in [-0.4, -0.2) is 135 Å². The first-order valence-electron chi connectivity index (χ1n) is 20.3. The van der Waals surface area contributed by atoms with E-state index in [4.69, 9.17) is 28.4 Å². The Morgan fingerprint density at radius 3 is 2.06 bits per heavy atom. The van der Waals surface area contributed by atoms with Crippen molar-refractivity contribution in [2.45, 2.75) is 171 Å². The highest BCUT2D eigenvalue weighted by atomic mass is 16.7. The molecule has 13 nitrogen and oxygen atoms in total. The Morgan fingerprint density at radius 1 is 0.673 bits per heavy atom. The van der Waals surface area contributed by atoms with Crippen LogP contribution >= 0.6 is 0 Å². The number of ether oxygens (including phenoxy) is 6. The molecule has 7 N–H and O–H groups in total. The number of aliphatic hydroxyl groups is 7. The normalized spacial score (nSPS) is 59.0. The molecular formula is C39H64O13. The van der Waals surface area contributed by atoms with Crippen molar-refractivity contribution in [2.75, 3.05) is 19.8 Å². The fourth-order valence-electron chi connectivity index (χ4n) is 13.2. The molecule has 4 aliphatic carbocycles. The largest absolute Gasteiger partial charge is 0.394 e. The number of hydrogen-bond donors (Lipinski definition) is 7. The summed E-state index contributed by atoms with van der Waals surface area (Å²) in [5, 5.41) is 73.0. The lowest BCUT2D eigenvalue weighted by molar-refractivity contribution is -0.365. The minimum absolute atomic E-state index is 0.183.